The van der Waals surface area contributed by atoms with Crippen LogP contribution >= 0.6 is 11.6 Å². The lowest BCUT2D eigenvalue weighted by atomic mass is 10.0. The van der Waals surface area contributed by atoms with Crippen LogP contribution in [-0.2, 0) is 0 Å². The van der Waals surface area contributed by atoms with Gasteiger partial charge in [-0.1, -0.05) is 29.8 Å². The number of hydrogen-bond acceptors (Lipinski definition) is 5. The molecule has 2 aromatic rings. The molecule has 5 nitrogen and oxygen atoms in total. The number of anilines is 2. The predicted molar refractivity (Wildman–Crippen MR) is 93.3 cm³/mol. The monoisotopic (exact) mass is 328 g/mol. The molecule has 0 aliphatic carbocycles. The smallest absolute Gasteiger partial charge is 0.0998 e. The Morgan fingerprint density at radius 2 is 1.78 bits per heavy atom. The van der Waals surface area contributed by atoms with Gasteiger partial charge in [0, 0.05) is 24.8 Å². The van der Waals surface area contributed by atoms with Crippen LogP contribution in [0.4, 0.5) is 11.4 Å². The highest BCUT2D eigenvalue weighted by Gasteiger charge is 2.06. The quantitative estimate of drug-likeness (QED) is 0.518. The summed E-state index contributed by atoms with van der Waals surface area (Å²) in [6.45, 7) is 0. The SMILES string of the molecule is CN(C)c1ccc(/C=C(/C#N)c2ccc(N([O-])O)cc2)c(Cl)c1. The van der Waals surface area contributed by atoms with Crippen molar-refractivity contribution in [3.63, 3.8) is 0 Å². The average Bonchev–Trinajstić information content (AvgIpc) is 2.53. The summed E-state index contributed by atoms with van der Waals surface area (Å²) in [6, 6.07) is 13.8. The van der Waals surface area contributed by atoms with Gasteiger partial charge in [0.2, 0.25) is 0 Å². The van der Waals surface area contributed by atoms with Gasteiger partial charge in [0.15, 0.2) is 0 Å². The molecule has 0 heterocycles. The van der Waals surface area contributed by atoms with E-state index in [1.54, 1.807) is 18.2 Å². The molecule has 2 aromatic carbocycles. The van der Waals surface area contributed by atoms with Crippen molar-refractivity contribution in [2.24, 2.45) is 0 Å². The molecule has 0 unspecified atom stereocenters. The Labute approximate surface area is 139 Å². The van der Waals surface area contributed by atoms with Crippen molar-refractivity contribution in [1.29, 1.82) is 5.26 Å². The van der Waals surface area contributed by atoms with Crippen molar-refractivity contribution in [1.82, 2.24) is 0 Å². The van der Waals surface area contributed by atoms with E-state index in [2.05, 4.69) is 6.07 Å². The zero-order chi connectivity index (χ0) is 17.0. The maximum Gasteiger partial charge on any atom is 0.0998 e. The van der Waals surface area contributed by atoms with Crippen molar-refractivity contribution in [2.45, 2.75) is 0 Å². The van der Waals surface area contributed by atoms with Crippen LogP contribution < -0.4 is 10.1 Å². The molecule has 0 spiro atoms. The summed E-state index contributed by atoms with van der Waals surface area (Å²) in [6.07, 6.45) is 1.69. The third-order valence-corrected chi connectivity index (χ3v) is 3.65. The number of allylic oxidation sites excluding steroid dienone is 1. The molecule has 23 heavy (non-hydrogen) atoms. The molecule has 0 saturated carbocycles. The van der Waals surface area contributed by atoms with E-state index in [9.17, 15) is 10.5 Å². The van der Waals surface area contributed by atoms with Gasteiger partial charge >= 0.3 is 0 Å². The van der Waals surface area contributed by atoms with Crippen molar-refractivity contribution in [3.05, 3.63) is 63.8 Å². The van der Waals surface area contributed by atoms with E-state index in [1.165, 1.54) is 12.1 Å². The third-order valence-electron chi connectivity index (χ3n) is 3.32. The molecular formula is C17H15ClN3O2-. The van der Waals surface area contributed by atoms with Crippen molar-refractivity contribution < 1.29 is 5.21 Å². The Hall–Kier alpha value is -2.52. The second-order valence-corrected chi connectivity index (χ2v) is 5.50. The van der Waals surface area contributed by atoms with Crippen LogP contribution in [0.15, 0.2) is 42.5 Å². The normalized spacial score (nSPS) is 11.0. The Morgan fingerprint density at radius 1 is 1.17 bits per heavy atom. The number of benzene rings is 2. The van der Waals surface area contributed by atoms with Crippen LogP contribution in [0, 0.1) is 16.5 Å². The number of nitriles is 1. The summed E-state index contributed by atoms with van der Waals surface area (Å²) < 4.78 is 0. The summed E-state index contributed by atoms with van der Waals surface area (Å²) in [7, 11) is 3.84. The Bertz CT molecular complexity index is 762. The van der Waals surface area contributed by atoms with E-state index in [-0.39, 0.29) is 10.9 Å². The second-order valence-electron chi connectivity index (χ2n) is 5.09. The van der Waals surface area contributed by atoms with Crippen LogP contribution in [-0.4, -0.2) is 19.3 Å². The lowest BCUT2D eigenvalue weighted by Gasteiger charge is -2.21. The molecule has 0 atom stereocenters. The molecule has 0 amide bonds. The van der Waals surface area contributed by atoms with E-state index in [0.29, 0.717) is 16.2 Å². The van der Waals surface area contributed by atoms with E-state index in [1.807, 2.05) is 37.2 Å². The Morgan fingerprint density at radius 3 is 2.26 bits per heavy atom. The molecular weight excluding hydrogens is 314 g/mol. The van der Waals surface area contributed by atoms with Crippen molar-refractivity contribution in [2.75, 3.05) is 24.2 Å². The molecule has 118 valence electrons. The fraction of sp³-hybridized carbons (Fsp3) is 0.118. The second kappa shape index (κ2) is 7.16. The Kier molecular flexibility index (Phi) is 5.24. The van der Waals surface area contributed by atoms with Gasteiger partial charge in [-0.15, -0.1) is 0 Å². The zero-order valence-electron chi connectivity index (χ0n) is 12.7. The van der Waals surface area contributed by atoms with Gasteiger partial charge in [-0.3, -0.25) is 5.21 Å². The van der Waals surface area contributed by atoms with Gasteiger partial charge in [-0.2, -0.15) is 5.26 Å². The van der Waals surface area contributed by atoms with Crippen LogP contribution in [0.25, 0.3) is 11.6 Å². The molecule has 0 aromatic heterocycles. The maximum atomic E-state index is 10.8. The average molecular weight is 329 g/mol. The predicted octanol–water partition coefficient (Wildman–Crippen LogP) is 4.16. The summed E-state index contributed by atoms with van der Waals surface area (Å²) in [5.74, 6) is 0. The van der Waals surface area contributed by atoms with E-state index < -0.39 is 0 Å². The van der Waals surface area contributed by atoms with Gasteiger partial charge in [-0.05, 0) is 41.5 Å². The molecule has 6 heteroatoms. The maximum absolute atomic E-state index is 10.8. The molecule has 0 fully saturated rings. The minimum Gasteiger partial charge on any atom is -0.733 e. The first kappa shape index (κ1) is 16.8. The molecule has 2 rings (SSSR count). The van der Waals surface area contributed by atoms with Gasteiger partial charge in [-0.25, -0.2) is 0 Å². The van der Waals surface area contributed by atoms with Crippen molar-refractivity contribution in [3.8, 4) is 6.07 Å². The highest BCUT2D eigenvalue weighted by atomic mass is 35.5. The highest BCUT2D eigenvalue weighted by Crippen LogP contribution is 2.27. The van der Waals surface area contributed by atoms with E-state index in [0.717, 1.165) is 11.3 Å². The van der Waals surface area contributed by atoms with Crippen molar-refractivity contribution >= 4 is 34.6 Å². The van der Waals surface area contributed by atoms with Crippen LogP contribution in [0.3, 0.4) is 0 Å². The summed E-state index contributed by atoms with van der Waals surface area (Å²) >= 11 is 6.27. The van der Waals surface area contributed by atoms with Gasteiger partial charge in [0.1, 0.15) is 0 Å². The summed E-state index contributed by atoms with van der Waals surface area (Å²) in [5.41, 5.74) is 2.83. The number of hydrogen-bond donors (Lipinski definition) is 1. The van der Waals surface area contributed by atoms with Gasteiger partial charge < -0.3 is 15.3 Å². The highest BCUT2D eigenvalue weighted by molar-refractivity contribution is 6.32. The van der Waals surface area contributed by atoms with Crippen LogP contribution in [0.1, 0.15) is 11.1 Å². The Balaban J connectivity index is 2.37. The minimum absolute atomic E-state index is 0.0967. The lowest BCUT2D eigenvalue weighted by molar-refractivity contribution is 0.296. The number of halogens is 1. The van der Waals surface area contributed by atoms with Gasteiger partial charge in [0.25, 0.3) is 0 Å². The summed E-state index contributed by atoms with van der Waals surface area (Å²) in [4.78, 5) is 1.94. The van der Waals surface area contributed by atoms with Crippen LogP contribution in [0.2, 0.25) is 5.02 Å². The third kappa shape index (κ3) is 4.02. The molecule has 0 bridgehead atoms. The summed E-state index contributed by atoms with van der Waals surface area (Å²) in [5, 5.41) is 29.3. The standard InChI is InChI=1S/C17H15ClN3O2/c1-20(2)16-8-5-13(17(18)10-16)9-14(11-19)12-3-6-15(7-4-12)21(22)23/h3-10,22H,1-2H3/q-1/b14-9-. The molecule has 1 N–H and O–H groups in total. The molecule has 0 aliphatic rings. The minimum atomic E-state index is -0.226. The lowest BCUT2D eigenvalue weighted by Crippen LogP contribution is -2.08. The number of rotatable bonds is 4. The number of nitrogens with zero attached hydrogens (tertiary/aromatic N) is 3. The first-order chi connectivity index (χ1) is 10.9. The largest absolute Gasteiger partial charge is 0.733 e. The molecule has 0 saturated heterocycles. The first-order valence-corrected chi connectivity index (χ1v) is 7.15. The fourth-order valence-electron chi connectivity index (χ4n) is 2.02. The zero-order valence-corrected chi connectivity index (χ0v) is 13.4. The van der Waals surface area contributed by atoms with E-state index >= 15 is 0 Å². The van der Waals surface area contributed by atoms with Gasteiger partial charge in [0.05, 0.1) is 17.3 Å². The van der Waals surface area contributed by atoms with Crippen LogP contribution in [0.5, 0.6) is 0 Å². The fourth-order valence-corrected chi connectivity index (χ4v) is 2.24. The topological polar surface area (TPSA) is 73.6 Å². The molecule has 0 radical (unpaired) electrons. The molecule has 0 aliphatic heterocycles. The first-order valence-electron chi connectivity index (χ1n) is 6.77. The van der Waals surface area contributed by atoms with E-state index in [4.69, 9.17) is 16.8 Å².